The molecule has 7 nitrogen and oxygen atoms in total. The molecule has 0 spiro atoms. The van der Waals surface area contributed by atoms with Crippen LogP contribution in [-0.2, 0) is 20.9 Å². The smallest absolute Gasteiger partial charge is 0.325 e. The van der Waals surface area contributed by atoms with E-state index in [2.05, 4.69) is 21.2 Å². The van der Waals surface area contributed by atoms with E-state index in [0.29, 0.717) is 5.75 Å². The summed E-state index contributed by atoms with van der Waals surface area (Å²) in [6.07, 6.45) is 0. The highest BCUT2D eigenvalue weighted by atomic mass is 79.9. The van der Waals surface area contributed by atoms with Gasteiger partial charge in [0.25, 0.3) is 5.91 Å². The van der Waals surface area contributed by atoms with Crippen molar-refractivity contribution >= 4 is 33.7 Å². The van der Waals surface area contributed by atoms with Crippen LogP contribution in [-0.4, -0.2) is 47.9 Å². The van der Waals surface area contributed by atoms with Crippen molar-refractivity contribution in [3.63, 3.8) is 0 Å². The van der Waals surface area contributed by atoms with Crippen LogP contribution in [0.5, 0.6) is 5.75 Å². The number of carbonyl (C=O) groups excluding carboxylic acids is 3. The van der Waals surface area contributed by atoms with E-state index in [4.69, 9.17) is 9.47 Å². The average Bonchev–Trinajstić information content (AvgIpc) is 3.02. The van der Waals surface area contributed by atoms with Gasteiger partial charge in [-0.25, -0.2) is 4.79 Å². The third kappa shape index (κ3) is 5.92. The van der Waals surface area contributed by atoms with Crippen molar-refractivity contribution in [3.05, 3.63) is 64.6 Å². The van der Waals surface area contributed by atoms with Crippen LogP contribution in [0.25, 0.3) is 0 Å². The summed E-state index contributed by atoms with van der Waals surface area (Å²) in [6, 6.07) is 14.3. The molecule has 2 atom stereocenters. The number of ether oxygens (including phenoxy) is 2. The molecule has 1 fully saturated rings. The van der Waals surface area contributed by atoms with Gasteiger partial charge in [0.15, 0.2) is 5.78 Å². The maximum Gasteiger partial charge on any atom is 0.325 e. The number of ketones is 1. The molecular weight excluding hydrogens is 464 g/mol. The largest absolute Gasteiger partial charge is 0.491 e. The number of nitrogens with one attached hydrogen (secondary N) is 1. The van der Waals surface area contributed by atoms with Crippen molar-refractivity contribution < 1.29 is 23.9 Å². The average molecular weight is 489 g/mol. The Balaban J connectivity index is 1.60. The number of imide groups is 1. The van der Waals surface area contributed by atoms with Gasteiger partial charge in [-0.05, 0) is 35.7 Å². The van der Waals surface area contributed by atoms with Gasteiger partial charge in [0, 0.05) is 4.47 Å². The van der Waals surface area contributed by atoms with Crippen LogP contribution in [0.15, 0.2) is 59.1 Å². The van der Waals surface area contributed by atoms with E-state index in [1.54, 1.807) is 26.0 Å². The molecule has 0 aromatic heterocycles. The second kappa shape index (κ2) is 10.5. The fraction of sp³-hybridized carbons (Fsp3) is 0.348. The number of halogens is 1. The van der Waals surface area contributed by atoms with E-state index in [1.807, 2.05) is 42.5 Å². The predicted molar refractivity (Wildman–Crippen MR) is 119 cm³/mol. The first kappa shape index (κ1) is 23.0. The fourth-order valence-corrected chi connectivity index (χ4v) is 3.64. The lowest BCUT2D eigenvalue weighted by Gasteiger charge is -2.27. The standard InChI is InChI=1S/C23H25BrN2O5/c1-15(2)21(20(27)14-30-12-16-6-4-3-5-7-16)26-22(28)19(25-23(26)29)13-31-18-10-8-17(24)9-11-18/h3-11,15,19,21H,12-14H2,1-2H3,(H,25,29)/t19-,21+/m0/s1. The topological polar surface area (TPSA) is 84.9 Å². The molecule has 8 heteroatoms. The number of Topliss-reactive ketones (excluding diaryl/α,β-unsaturated/α-hetero) is 1. The number of benzene rings is 2. The summed E-state index contributed by atoms with van der Waals surface area (Å²) in [4.78, 5) is 39.3. The van der Waals surface area contributed by atoms with Gasteiger partial charge in [-0.3, -0.25) is 14.5 Å². The van der Waals surface area contributed by atoms with Crippen LogP contribution in [0.3, 0.4) is 0 Å². The Labute approximate surface area is 189 Å². The molecule has 0 unspecified atom stereocenters. The monoisotopic (exact) mass is 488 g/mol. The highest BCUT2D eigenvalue weighted by Crippen LogP contribution is 2.21. The zero-order chi connectivity index (χ0) is 22.4. The van der Waals surface area contributed by atoms with Gasteiger partial charge in [0.1, 0.15) is 31.0 Å². The molecule has 0 radical (unpaired) electrons. The van der Waals surface area contributed by atoms with Gasteiger partial charge in [-0.1, -0.05) is 60.1 Å². The Kier molecular flexibility index (Phi) is 7.81. The van der Waals surface area contributed by atoms with Crippen LogP contribution in [0, 0.1) is 5.92 Å². The van der Waals surface area contributed by atoms with Crippen LogP contribution >= 0.6 is 15.9 Å². The second-order valence-electron chi connectivity index (χ2n) is 7.61. The van der Waals surface area contributed by atoms with Gasteiger partial charge in [0.05, 0.1) is 6.61 Å². The Morgan fingerprint density at radius 2 is 1.77 bits per heavy atom. The van der Waals surface area contributed by atoms with E-state index in [0.717, 1.165) is 14.9 Å². The Hall–Kier alpha value is -2.71. The first-order valence-electron chi connectivity index (χ1n) is 10.0. The SMILES string of the molecule is CC(C)[C@H](C(=O)COCc1ccccc1)N1C(=O)N[C@@H](COc2ccc(Br)cc2)C1=O. The van der Waals surface area contributed by atoms with Crippen molar-refractivity contribution in [2.45, 2.75) is 32.5 Å². The Bertz CT molecular complexity index is 917. The normalized spacial score (nSPS) is 17.0. The highest BCUT2D eigenvalue weighted by molar-refractivity contribution is 9.10. The van der Waals surface area contributed by atoms with Crippen LogP contribution in [0.4, 0.5) is 4.79 Å². The molecule has 2 aromatic rings. The van der Waals surface area contributed by atoms with E-state index >= 15 is 0 Å². The van der Waals surface area contributed by atoms with E-state index in [9.17, 15) is 14.4 Å². The lowest BCUT2D eigenvalue weighted by Crippen LogP contribution is -2.50. The minimum atomic E-state index is -0.902. The molecular formula is C23H25BrN2O5. The summed E-state index contributed by atoms with van der Waals surface area (Å²) in [5, 5.41) is 2.62. The number of hydrogen-bond donors (Lipinski definition) is 1. The quantitative estimate of drug-likeness (QED) is 0.516. The lowest BCUT2D eigenvalue weighted by atomic mass is 9.98. The zero-order valence-electron chi connectivity index (χ0n) is 17.4. The third-order valence-corrected chi connectivity index (χ3v) is 5.41. The summed E-state index contributed by atoms with van der Waals surface area (Å²) < 4.78 is 12.1. The Morgan fingerprint density at radius 3 is 2.42 bits per heavy atom. The number of nitrogens with zero attached hydrogens (tertiary/aromatic N) is 1. The molecule has 1 saturated heterocycles. The number of hydrogen-bond acceptors (Lipinski definition) is 5. The second-order valence-corrected chi connectivity index (χ2v) is 8.52. The zero-order valence-corrected chi connectivity index (χ0v) is 19.0. The van der Waals surface area contributed by atoms with Crippen LogP contribution < -0.4 is 10.1 Å². The molecule has 0 bridgehead atoms. The first-order valence-corrected chi connectivity index (χ1v) is 10.8. The van der Waals surface area contributed by atoms with Crippen molar-refractivity contribution in [3.8, 4) is 5.75 Å². The maximum absolute atomic E-state index is 12.9. The fourth-order valence-electron chi connectivity index (χ4n) is 3.38. The van der Waals surface area contributed by atoms with Gasteiger partial charge in [-0.15, -0.1) is 0 Å². The van der Waals surface area contributed by atoms with Gasteiger partial charge in [0.2, 0.25) is 0 Å². The first-order chi connectivity index (χ1) is 14.9. The van der Waals surface area contributed by atoms with Crippen molar-refractivity contribution in [1.82, 2.24) is 10.2 Å². The Morgan fingerprint density at radius 1 is 1.10 bits per heavy atom. The van der Waals surface area contributed by atoms with E-state index < -0.39 is 24.0 Å². The van der Waals surface area contributed by atoms with Crippen molar-refractivity contribution in [2.24, 2.45) is 5.92 Å². The predicted octanol–water partition coefficient (Wildman–Crippen LogP) is 3.56. The third-order valence-electron chi connectivity index (χ3n) is 4.88. The molecule has 164 valence electrons. The summed E-state index contributed by atoms with van der Waals surface area (Å²) >= 11 is 3.35. The van der Waals surface area contributed by atoms with Gasteiger partial charge < -0.3 is 14.8 Å². The summed E-state index contributed by atoms with van der Waals surface area (Å²) in [7, 11) is 0. The molecule has 3 amide bonds. The summed E-state index contributed by atoms with van der Waals surface area (Å²) in [5.41, 5.74) is 0.941. The highest BCUT2D eigenvalue weighted by Gasteiger charge is 2.45. The minimum Gasteiger partial charge on any atom is -0.491 e. The van der Waals surface area contributed by atoms with Crippen LogP contribution in [0.1, 0.15) is 19.4 Å². The summed E-state index contributed by atoms with van der Waals surface area (Å²) in [5.74, 6) is -0.468. The number of urea groups is 1. The summed E-state index contributed by atoms with van der Waals surface area (Å²) in [6.45, 7) is 3.67. The molecule has 1 aliphatic heterocycles. The lowest BCUT2D eigenvalue weighted by molar-refractivity contribution is -0.139. The maximum atomic E-state index is 12.9. The molecule has 0 saturated carbocycles. The molecule has 1 N–H and O–H groups in total. The van der Waals surface area contributed by atoms with Crippen LogP contribution in [0.2, 0.25) is 0 Å². The van der Waals surface area contributed by atoms with Gasteiger partial charge in [-0.2, -0.15) is 0 Å². The number of amides is 3. The van der Waals surface area contributed by atoms with Crippen molar-refractivity contribution in [1.29, 1.82) is 0 Å². The molecule has 1 aliphatic rings. The van der Waals surface area contributed by atoms with E-state index in [1.165, 1.54) is 0 Å². The molecule has 31 heavy (non-hydrogen) atoms. The van der Waals surface area contributed by atoms with Crippen molar-refractivity contribution in [2.75, 3.05) is 13.2 Å². The molecule has 3 rings (SSSR count). The number of carbonyl (C=O) groups is 3. The molecule has 0 aliphatic carbocycles. The van der Waals surface area contributed by atoms with Gasteiger partial charge >= 0.3 is 6.03 Å². The molecule has 1 heterocycles. The minimum absolute atomic E-state index is 0.0216. The molecule has 2 aromatic carbocycles. The van der Waals surface area contributed by atoms with E-state index in [-0.39, 0.29) is 31.5 Å². The number of rotatable bonds is 10.